The fourth-order valence-corrected chi connectivity index (χ4v) is 1.82. The summed E-state index contributed by atoms with van der Waals surface area (Å²) in [6, 6.07) is 3.23. The zero-order valence-electron chi connectivity index (χ0n) is 10.3. The van der Waals surface area contributed by atoms with Crippen molar-refractivity contribution in [2.75, 3.05) is 20.3 Å². The van der Waals surface area contributed by atoms with E-state index in [9.17, 15) is 4.79 Å². The first kappa shape index (κ1) is 13.9. The van der Waals surface area contributed by atoms with Crippen LogP contribution in [-0.2, 0) is 4.74 Å². The smallest absolute Gasteiger partial charge is 0.272 e. The Kier molecular flexibility index (Phi) is 5.38. The summed E-state index contributed by atoms with van der Waals surface area (Å²) in [5, 5.41) is 0.513. The Morgan fingerprint density at radius 2 is 2.35 bits per heavy atom. The molecule has 0 bridgehead atoms. The van der Waals surface area contributed by atoms with E-state index in [1.807, 2.05) is 13.8 Å². The van der Waals surface area contributed by atoms with E-state index < -0.39 is 0 Å². The molecule has 1 unspecified atom stereocenters. The van der Waals surface area contributed by atoms with Crippen LogP contribution in [0.4, 0.5) is 0 Å². The number of ether oxygens (including phenoxy) is 1. The second-order valence-electron chi connectivity index (χ2n) is 3.75. The quantitative estimate of drug-likeness (QED) is 0.811. The Morgan fingerprint density at radius 1 is 1.65 bits per heavy atom. The van der Waals surface area contributed by atoms with Crippen molar-refractivity contribution in [1.82, 2.24) is 9.88 Å². The fourth-order valence-electron chi connectivity index (χ4n) is 1.66. The van der Waals surface area contributed by atoms with Gasteiger partial charge in [0.2, 0.25) is 0 Å². The van der Waals surface area contributed by atoms with E-state index in [2.05, 4.69) is 4.98 Å². The molecule has 0 radical (unpaired) electrons. The van der Waals surface area contributed by atoms with Gasteiger partial charge in [-0.15, -0.1) is 0 Å². The van der Waals surface area contributed by atoms with E-state index in [4.69, 9.17) is 16.3 Å². The largest absolute Gasteiger partial charge is 0.383 e. The molecule has 4 nitrogen and oxygen atoms in total. The van der Waals surface area contributed by atoms with Crippen LogP contribution < -0.4 is 0 Å². The number of rotatable bonds is 5. The lowest BCUT2D eigenvalue weighted by atomic mass is 10.2. The maximum Gasteiger partial charge on any atom is 0.272 e. The molecule has 0 aliphatic carbocycles. The minimum atomic E-state index is -0.125. The SMILES string of the molecule is CCN(C(=O)c1cc(Cl)ccn1)C(C)COC. The molecule has 0 aliphatic rings. The predicted octanol–water partition coefficient (Wildman–Crippen LogP) is 2.23. The van der Waals surface area contributed by atoms with Crippen LogP contribution in [0.3, 0.4) is 0 Å². The Labute approximate surface area is 107 Å². The van der Waals surface area contributed by atoms with Crippen LogP contribution in [0.2, 0.25) is 5.02 Å². The van der Waals surface area contributed by atoms with Gasteiger partial charge in [0, 0.05) is 24.9 Å². The van der Waals surface area contributed by atoms with Crippen molar-refractivity contribution >= 4 is 17.5 Å². The lowest BCUT2D eigenvalue weighted by molar-refractivity contribution is 0.0573. The second kappa shape index (κ2) is 6.57. The van der Waals surface area contributed by atoms with Gasteiger partial charge < -0.3 is 9.64 Å². The lowest BCUT2D eigenvalue weighted by Gasteiger charge is -2.27. The molecule has 0 aliphatic heterocycles. The molecule has 94 valence electrons. The van der Waals surface area contributed by atoms with Gasteiger partial charge in [-0.25, -0.2) is 0 Å². The van der Waals surface area contributed by atoms with E-state index in [0.717, 1.165) is 0 Å². The molecule has 0 fully saturated rings. The highest BCUT2D eigenvalue weighted by Gasteiger charge is 2.20. The van der Waals surface area contributed by atoms with Crippen molar-refractivity contribution in [3.05, 3.63) is 29.0 Å². The van der Waals surface area contributed by atoms with E-state index in [1.54, 1.807) is 24.1 Å². The van der Waals surface area contributed by atoms with Crippen molar-refractivity contribution < 1.29 is 9.53 Å². The molecule has 0 N–H and O–H groups in total. The highest BCUT2D eigenvalue weighted by atomic mass is 35.5. The van der Waals surface area contributed by atoms with E-state index in [-0.39, 0.29) is 11.9 Å². The van der Waals surface area contributed by atoms with Gasteiger partial charge >= 0.3 is 0 Å². The summed E-state index contributed by atoms with van der Waals surface area (Å²) in [6.45, 7) is 4.97. The molecule has 17 heavy (non-hydrogen) atoms. The average molecular weight is 257 g/mol. The van der Waals surface area contributed by atoms with Crippen molar-refractivity contribution in [3.8, 4) is 0 Å². The topological polar surface area (TPSA) is 42.4 Å². The summed E-state index contributed by atoms with van der Waals surface area (Å²) >= 11 is 5.84. The van der Waals surface area contributed by atoms with E-state index >= 15 is 0 Å². The molecular weight excluding hydrogens is 240 g/mol. The molecule has 1 atom stereocenters. The van der Waals surface area contributed by atoms with Gasteiger partial charge in [-0.2, -0.15) is 0 Å². The third kappa shape index (κ3) is 3.68. The number of carbonyl (C=O) groups excluding carboxylic acids is 1. The number of pyridine rings is 1. The summed E-state index contributed by atoms with van der Waals surface area (Å²) < 4.78 is 5.06. The van der Waals surface area contributed by atoms with E-state index in [0.29, 0.717) is 23.9 Å². The maximum atomic E-state index is 12.2. The van der Waals surface area contributed by atoms with Crippen molar-refractivity contribution in [1.29, 1.82) is 0 Å². The van der Waals surface area contributed by atoms with Crippen molar-refractivity contribution in [2.24, 2.45) is 0 Å². The van der Waals surface area contributed by atoms with Gasteiger partial charge in [0.25, 0.3) is 5.91 Å². The molecule has 1 rings (SSSR count). The van der Waals surface area contributed by atoms with Crippen LogP contribution in [-0.4, -0.2) is 42.1 Å². The average Bonchev–Trinajstić information content (AvgIpc) is 2.30. The summed E-state index contributed by atoms with van der Waals surface area (Å²) in [4.78, 5) is 17.9. The Bertz CT molecular complexity index is 385. The first-order valence-electron chi connectivity index (χ1n) is 5.51. The summed E-state index contributed by atoms with van der Waals surface area (Å²) in [6.07, 6.45) is 1.53. The molecule has 1 amide bonds. The minimum absolute atomic E-state index is 0.0123. The van der Waals surface area contributed by atoms with Crippen LogP contribution in [0.15, 0.2) is 18.3 Å². The number of hydrogen-bond acceptors (Lipinski definition) is 3. The van der Waals surface area contributed by atoms with Gasteiger partial charge in [0.05, 0.1) is 12.6 Å². The van der Waals surface area contributed by atoms with Crippen molar-refractivity contribution in [2.45, 2.75) is 19.9 Å². The molecular formula is C12H17ClN2O2. The molecule has 0 saturated heterocycles. The first-order chi connectivity index (χ1) is 8.10. The first-order valence-corrected chi connectivity index (χ1v) is 5.89. The Balaban J connectivity index is 2.86. The van der Waals surface area contributed by atoms with Crippen LogP contribution in [0.5, 0.6) is 0 Å². The zero-order chi connectivity index (χ0) is 12.8. The summed E-state index contributed by atoms with van der Waals surface area (Å²) in [5.74, 6) is -0.125. The summed E-state index contributed by atoms with van der Waals surface area (Å²) in [5.41, 5.74) is 0.363. The molecule has 1 aromatic heterocycles. The molecule has 1 heterocycles. The van der Waals surface area contributed by atoms with Gasteiger partial charge in [0.15, 0.2) is 0 Å². The standard InChI is InChI=1S/C12H17ClN2O2/c1-4-15(9(2)8-17-3)12(16)11-7-10(13)5-6-14-11/h5-7,9H,4,8H2,1-3H3. The normalized spacial score (nSPS) is 12.2. The highest BCUT2D eigenvalue weighted by molar-refractivity contribution is 6.30. The zero-order valence-corrected chi connectivity index (χ0v) is 11.1. The van der Waals surface area contributed by atoms with Crippen LogP contribution >= 0.6 is 11.6 Å². The fraction of sp³-hybridized carbons (Fsp3) is 0.500. The summed E-state index contributed by atoms with van der Waals surface area (Å²) in [7, 11) is 1.62. The minimum Gasteiger partial charge on any atom is -0.383 e. The molecule has 0 aromatic carbocycles. The maximum absolute atomic E-state index is 12.2. The molecule has 5 heteroatoms. The number of amides is 1. The second-order valence-corrected chi connectivity index (χ2v) is 4.19. The van der Waals surface area contributed by atoms with Crippen LogP contribution in [0.1, 0.15) is 24.3 Å². The van der Waals surface area contributed by atoms with Crippen LogP contribution in [0.25, 0.3) is 0 Å². The number of likely N-dealkylation sites (N-methyl/N-ethyl adjacent to an activating group) is 1. The van der Waals surface area contributed by atoms with Gasteiger partial charge in [-0.3, -0.25) is 9.78 Å². The number of methoxy groups -OCH3 is 1. The predicted molar refractivity (Wildman–Crippen MR) is 67.3 cm³/mol. The lowest BCUT2D eigenvalue weighted by Crippen LogP contribution is -2.41. The number of carbonyl (C=O) groups is 1. The number of aromatic nitrogens is 1. The van der Waals surface area contributed by atoms with E-state index in [1.165, 1.54) is 6.20 Å². The van der Waals surface area contributed by atoms with Gasteiger partial charge in [-0.1, -0.05) is 11.6 Å². The number of hydrogen-bond donors (Lipinski definition) is 0. The molecule has 0 saturated carbocycles. The molecule has 0 spiro atoms. The molecule has 1 aromatic rings. The van der Waals surface area contributed by atoms with Crippen LogP contribution in [0, 0.1) is 0 Å². The third-order valence-electron chi connectivity index (χ3n) is 2.48. The number of nitrogens with zero attached hydrogens (tertiary/aromatic N) is 2. The Hall–Kier alpha value is -1.13. The van der Waals surface area contributed by atoms with Gasteiger partial charge in [-0.05, 0) is 26.0 Å². The number of halogens is 1. The third-order valence-corrected chi connectivity index (χ3v) is 2.72. The Morgan fingerprint density at radius 3 is 2.88 bits per heavy atom. The van der Waals surface area contributed by atoms with Gasteiger partial charge in [0.1, 0.15) is 5.69 Å². The highest BCUT2D eigenvalue weighted by Crippen LogP contribution is 2.12. The van der Waals surface area contributed by atoms with Crippen molar-refractivity contribution in [3.63, 3.8) is 0 Å². The monoisotopic (exact) mass is 256 g/mol.